The van der Waals surface area contributed by atoms with Crippen LogP contribution in [0.1, 0.15) is 21.9 Å². The SMILES string of the molecule is Cc1cc(C)cc(NC(=O)C(Sc2n[nH]c3nc4ccccc4n23)c2ccccc2)c1. The van der Waals surface area contributed by atoms with E-state index in [1.807, 2.05) is 85.0 Å². The van der Waals surface area contributed by atoms with E-state index in [-0.39, 0.29) is 5.91 Å². The number of anilines is 1. The molecule has 0 aliphatic heterocycles. The number of carbonyl (C=O) groups excluding carboxylic acids is 1. The molecule has 3 aromatic carbocycles. The number of benzene rings is 3. The second-order valence-corrected chi connectivity index (χ2v) is 8.61. The lowest BCUT2D eigenvalue weighted by Gasteiger charge is -2.16. The summed E-state index contributed by atoms with van der Waals surface area (Å²) >= 11 is 1.40. The predicted octanol–water partition coefficient (Wildman–Crippen LogP) is 5.30. The number of carbonyl (C=O) groups is 1. The van der Waals surface area contributed by atoms with Gasteiger partial charge in [-0.2, -0.15) is 0 Å². The molecule has 0 fully saturated rings. The fraction of sp³-hybridized carbons (Fsp3) is 0.125. The maximum atomic E-state index is 13.4. The first-order valence-electron chi connectivity index (χ1n) is 10.0. The standard InChI is InChI=1S/C24H21N5OS/c1-15-12-16(2)14-18(13-15)25-22(30)21(17-8-4-3-5-9-17)31-24-28-27-23-26-19-10-6-7-11-20(19)29(23)24/h3-14,21H,1-2H3,(H,25,30)(H,26,27). The van der Waals surface area contributed by atoms with Gasteiger partial charge in [0.05, 0.1) is 11.0 Å². The van der Waals surface area contributed by atoms with E-state index in [1.54, 1.807) is 0 Å². The van der Waals surface area contributed by atoms with Gasteiger partial charge in [0.15, 0.2) is 5.16 Å². The Morgan fingerprint density at radius 2 is 1.71 bits per heavy atom. The van der Waals surface area contributed by atoms with E-state index in [9.17, 15) is 4.79 Å². The molecular formula is C24H21N5OS. The van der Waals surface area contributed by atoms with Crippen LogP contribution in [0.3, 0.4) is 0 Å². The predicted molar refractivity (Wildman–Crippen MR) is 124 cm³/mol. The number of nitrogens with one attached hydrogen (secondary N) is 2. The van der Waals surface area contributed by atoms with Gasteiger partial charge in [-0.15, -0.1) is 5.10 Å². The summed E-state index contributed by atoms with van der Waals surface area (Å²) in [6.07, 6.45) is 0. The van der Waals surface area contributed by atoms with E-state index in [2.05, 4.69) is 26.6 Å². The number of thioether (sulfide) groups is 1. The van der Waals surface area contributed by atoms with Crippen molar-refractivity contribution in [2.24, 2.45) is 0 Å². The zero-order chi connectivity index (χ0) is 21.4. The zero-order valence-electron chi connectivity index (χ0n) is 17.2. The smallest absolute Gasteiger partial charge is 0.242 e. The summed E-state index contributed by atoms with van der Waals surface area (Å²) in [6, 6.07) is 23.7. The van der Waals surface area contributed by atoms with Crippen molar-refractivity contribution in [3.63, 3.8) is 0 Å². The highest BCUT2D eigenvalue weighted by Gasteiger charge is 2.25. The number of hydrogen-bond acceptors (Lipinski definition) is 4. The van der Waals surface area contributed by atoms with Gasteiger partial charge in [0.1, 0.15) is 5.25 Å². The Morgan fingerprint density at radius 3 is 2.48 bits per heavy atom. The van der Waals surface area contributed by atoms with Gasteiger partial charge in [0.2, 0.25) is 11.7 Å². The van der Waals surface area contributed by atoms with Gasteiger partial charge in [0, 0.05) is 5.69 Å². The van der Waals surface area contributed by atoms with E-state index in [4.69, 9.17) is 0 Å². The molecule has 31 heavy (non-hydrogen) atoms. The van der Waals surface area contributed by atoms with Crippen LogP contribution >= 0.6 is 11.8 Å². The summed E-state index contributed by atoms with van der Waals surface area (Å²) in [6.45, 7) is 4.05. The van der Waals surface area contributed by atoms with Gasteiger partial charge >= 0.3 is 0 Å². The van der Waals surface area contributed by atoms with Crippen LogP contribution in [0, 0.1) is 13.8 Å². The van der Waals surface area contributed by atoms with Crippen LogP contribution in [0.4, 0.5) is 5.69 Å². The largest absolute Gasteiger partial charge is 0.325 e. The maximum absolute atomic E-state index is 13.4. The average Bonchev–Trinajstić information content (AvgIpc) is 3.31. The van der Waals surface area contributed by atoms with Crippen molar-refractivity contribution < 1.29 is 4.79 Å². The molecule has 0 spiro atoms. The van der Waals surface area contributed by atoms with Crippen LogP contribution < -0.4 is 5.32 Å². The Balaban J connectivity index is 1.53. The Hall–Kier alpha value is -3.58. The van der Waals surface area contributed by atoms with E-state index < -0.39 is 5.25 Å². The molecule has 2 heterocycles. The zero-order valence-corrected chi connectivity index (χ0v) is 18.0. The highest BCUT2D eigenvalue weighted by Crippen LogP contribution is 2.36. The third kappa shape index (κ3) is 3.80. The Kier molecular flexibility index (Phi) is 4.95. The number of aromatic nitrogens is 4. The molecule has 7 heteroatoms. The van der Waals surface area contributed by atoms with Gasteiger partial charge in [-0.25, -0.2) is 10.1 Å². The van der Waals surface area contributed by atoms with Gasteiger partial charge in [-0.05, 0) is 54.8 Å². The number of aryl methyl sites for hydroxylation is 2. The lowest BCUT2D eigenvalue weighted by Crippen LogP contribution is -2.19. The maximum Gasteiger partial charge on any atom is 0.242 e. The number of aromatic amines is 1. The van der Waals surface area contributed by atoms with Gasteiger partial charge in [-0.1, -0.05) is 60.3 Å². The molecule has 6 nitrogen and oxygen atoms in total. The lowest BCUT2D eigenvalue weighted by atomic mass is 10.1. The minimum Gasteiger partial charge on any atom is -0.325 e. The second-order valence-electron chi connectivity index (χ2n) is 7.54. The van der Waals surface area contributed by atoms with Gasteiger partial charge in [-0.3, -0.25) is 9.20 Å². The van der Waals surface area contributed by atoms with E-state index >= 15 is 0 Å². The molecule has 5 rings (SSSR count). The highest BCUT2D eigenvalue weighted by molar-refractivity contribution is 8.00. The third-order valence-electron chi connectivity index (χ3n) is 5.06. The third-order valence-corrected chi connectivity index (χ3v) is 6.26. The van der Waals surface area contributed by atoms with Crippen molar-refractivity contribution in [3.05, 3.63) is 89.5 Å². The fourth-order valence-electron chi connectivity index (χ4n) is 3.78. The molecule has 1 atom stereocenters. The number of amides is 1. The van der Waals surface area contributed by atoms with Crippen molar-refractivity contribution in [1.29, 1.82) is 0 Å². The monoisotopic (exact) mass is 427 g/mol. The van der Waals surface area contributed by atoms with Crippen molar-refractivity contribution in [1.82, 2.24) is 19.6 Å². The number of rotatable bonds is 5. The minimum absolute atomic E-state index is 0.0956. The molecule has 5 aromatic rings. The molecule has 154 valence electrons. The second kappa shape index (κ2) is 7.92. The van der Waals surface area contributed by atoms with Crippen LogP contribution in [0.15, 0.2) is 78.0 Å². The Labute approximate surface area is 183 Å². The number of fused-ring (bicyclic) bond motifs is 3. The summed E-state index contributed by atoms with van der Waals surface area (Å²) in [5.41, 5.74) is 5.76. The first kappa shape index (κ1) is 19.4. The van der Waals surface area contributed by atoms with Crippen molar-refractivity contribution in [3.8, 4) is 0 Å². The summed E-state index contributed by atoms with van der Waals surface area (Å²) in [5, 5.41) is 10.7. The topological polar surface area (TPSA) is 75.1 Å². The van der Waals surface area contributed by atoms with Crippen molar-refractivity contribution in [2.45, 2.75) is 24.3 Å². The first-order chi connectivity index (χ1) is 15.1. The van der Waals surface area contributed by atoms with E-state index in [0.717, 1.165) is 33.4 Å². The molecule has 0 saturated heterocycles. The Morgan fingerprint density at radius 1 is 1.00 bits per heavy atom. The highest BCUT2D eigenvalue weighted by atomic mass is 32.2. The number of imidazole rings is 1. The van der Waals surface area contributed by atoms with E-state index in [0.29, 0.717) is 10.9 Å². The number of H-pyrrole nitrogens is 1. The molecule has 2 N–H and O–H groups in total. The molecular weight excluding hydrogens is 406 g/mol. The van der Waals surface area contributed by atoms with Crippen molar-refractivity contribution in [2.75, 3.05) is 5.32 Å². The quantitative estimate of drug-likeness (QED) is 0.373. The summed E-state index contributed by atoms with van der Waals surface area (Å²) < 4.78 is 1.96. The molecule has 0 saturated carbocycles. The van der Waals surface area contributed by atoms with Crippen LogP contribution in [0.2, 0.25) is 0 Å². The summed E-state index contributed by atoms with van der Waals surface area (Å²) in [7, 11) is 0. The summed E-state index contributed by atoms with van der Waals surface area (Å²) in [5.74, 6) is 0.562. The number of nitrogens with zero attached hydrogens (tertiary/aromatic N) is 3. The summed E-state index contributed by atoms with van der Waals surface area (Å²) in [4.78, 5) is 18.0. The van der Waals surface area contributed by atoms with Gasteiger partial charge in [0.25, 0.3) is 0 Å². The fourth-order valence-corrected chi connectivity index (χ4v) is 4.84. The molecule has 0 bridgehead atoms. The molecule has 0 radical (unpaired) electrons. The first-order valence-corrected chi connectivity index (χ1v) is 10.9. The molecule has 0 aliphatic carbocycles. The van der Waals surface area contributed by atoms with Crippen LogP contribution in [-0.2, 0) is 4.79 Å². The Bertz CT molecular complexity index is 1370. The molecule has 1 amide bonds. The number of hydrogen-bond donors (Lipinski definition) is 2. The lowest BCUT2D eigenvalue weighted by molar-refractivity contribution is -0.115. The van der Waals surface area contributed by atoms with Crippen LogP contribution in [0.25, 0.3) is 16.8 Å². The van der Waals surface area contributed by atoms with Crippen molar-refractivity contribution >= 4 is 40.2 Å². The number of para-hydroxylation sites is 2. The molecule has 2 aromatic heterocycles. The van der Waals surface area contributed by atoms with Crippen LogP contribution in [-0.4, -0.2) is 25.5 Å². The molecule has 1 unspecified atom stereocenters. The normalized spacial score (nSPS) is 12.3. The molecule has 0 aliphatic rings. The average molecular weight is 428 g/mol. The minimum atomic E-state index is -0.477. The van der Waals surface area contributed by atoms with E-state index in [1.165, 1.54) is 11.8 Å². The van der Waals surface area contributed by atoms with Crippen LogP contribution in [0.5, 0.6) is 0 Å². The van der Waals surface area contributed by atoms with Gasteiger partial charge < -0.3 is 5.32 Å².